The number of fused-ring (bicyclic) bond motifs is 1. The number of carbonyl (C=O) groups is 1. The molecule has 0 aliphatic carbocycles. The maximum Gasteiger partial charge on any atom is 0.249 e. The van der Waals surface area contributed by atoms with E-state index in [2.05, 4.69) is 10.3 Å². The molecule has 1 saturated heterocycles. The lowest BCUT2D eigenvalue weighted by Crippen LogP contribution is -2.49. The first kappa shape index (κ1) is 28.5. The van der Waals surface area contributed by atoms with Crippen LogP contribution in [0.4, 0.5) is 23.2 Å². The van der Waals surface area contributed by atoms with E-state index in [0.717, 1.165) is 18.3 Å². The molecule has 4 N–H and O–H groups in total. The first-order valence-corrected chi connectivity index (χ1v) is 12.5. The number of methoxy groups -OCH3 is 1. The van der Waals surface area contributed by atoms with E-state index in [1.807, 2.05) is 4.90 Å². The largest absolute Gasteiger partial charge is 0.497 e. The summed E-state index contributed by atoms with van der Waals surface area (Å²) in [5.41, 5.74) is 1.41. The topological polar surface area (TPSA) is 107 Å². The fourth-order valence-corrected chi connectivity index (χ4v) is 5.12. The van der Waals surface area contributed by atoms with Gasteiger partial charge in [0.25, 0.3) is 0 Å². The molecular weight excluding hydrogens is 520 g/mol. The quantitative estimate of drug-likeness (QED) is 0.129. The lowest BCUT2D eigenvalue weighted by molar-refractivity contribution is -0.143. The van der Waals surface area contributed by atoms with E-state index >= 15 is 0 Å². The third-order valence-electron chi connectivity index (χ3n) is 7.44. The van der Waals surface area contributed by atoms with Gasteiger partial charge in [-0.3, -0.25) is 15.0 Å². The fourth-order valence-electron chi connectivity index (χ4n) is 5.12. The first-order valence-electron chi connectivity index (χ1n) is 12.5. The maximum atomic E-state index is 14.8. The Labute approximate surface area is 222 Å². The van der Waals surface area contributed by atoms with Crippen LogP contribution < -0.4 is 15.5 Å². The van der Waals surface area contributed by atoms with Crippen LogP contribution in [0.25, 0.3) is 10.9 Å². The molecule has 4 rings (SSSR count). The highest BCUT2D eigenvalue weighted by atomic mass is 19.2. The summed E-state index contributed by atoms with van der Waals surface area (Å²) in [5.74, 6) is -4.86. The summed E-state index contributed by atoms with van der Waals surface area (Å²) in [4.78, 5) is 18.8. The third kappa shape index (κ3) is 6.23. The molecule has 8 nitrogen and oxygen atoms in total. The summed E-state index contributed by atoms with van der Waals surface area (Å²) >= 11 is 0. The molecule has 1 aliphatic heterocycles. The Bertz CT molecular complexity index is 1310. The lowest BCUT2D eigenvalue weighted by atomic mass is 9.73. The Morgan fingerprint density at radius 2 is 1.82 bits per heavy atom. The van der Waals surface area contributed by atoms with Gasteiger partial charge in [-0.15, -0.1) is 0 Å². The number of amides is 1. The molecule has 1 atom stereocenters. The van der Waals surface area contributed by atoms with Crippen molar-refractivity contribution in [1.29, 1.82) is 0 Å². The van der Waals surface area contributed by atoms with E-state index < -0.39 is 40.7 Å². The van der Waals surface area contributed by atoms with Gasteiger partial charge >= 0.3 is 0 Å². The number of anilines is 1. The van der Waals surface area contributed by atoms with Crippen LogP contribution in [0, 0.1) is 28.7 Å². The number of aliphatic hydroxyl groups excluding tert-OH is 1. The number of carbonyl (C=O) groups excluding carboxylic acids is 1. The van der Waals surface area contributed by atoms with E-state index in [1.165, 1.54) is 7.11 Å². The lowest BCUT2D eigenvalue weighted by Gasteiger charge is -2.40. The molecule has 1 fully saturated rings. The molecule has 0 spiro atoms. The number of hydroxylamine groups is 1. The monoisotopic (exact) mass is 550 g/mol. The van der Waals surface area contributed by atoms with E-state index in [0.29, 0.717) is 55.7 Å². The Morgan fingerprint density at radius 3 is 2.46 bits per heavy atom. The van der Waals surface area contributed by atoms with Gasteiger partial charge in [-0.2, -0.15) is 0 Å². The SMILES string of the molecule is COc1ccc2ncc(F)c([C@H](O)CCC3(C(=O)NO)CCN(CCNc4cc(F)c(F)c(F)c4)CC3)c2c1. The predicted molar refractivity (Wildman–Crippen MR) is 135 cm³/mol. The number of rotatable bonds is 10. The smallest absolute Gasteiger partial charge is 0.249 e. The molecule has 1 aliphatic rings. The minimum atomic E-state index is -1.53. The van der Waals surface area contributed by atoms with Crippen molar-refractivity contribution in [2.45, 2.75) is 31.8 Å². The van der Waals surface area contributed by atoms with Crippen LogP contribution in [0.5, 0.6) is 5.75 Å². The standard InChI is InChI=1S/C27H30F4N4O4/c1-39-17-2-3-22-18(14-17)24(21(30)15-33-22)23(36)4-5-27(26(37)34-38)6-9-35(10-7-27)11-8-32-16-12-19(28)25(31)20(29)13-16/h2-3,12-15,23,32,36,38H,4-11H2,1H3,(H,34,37)/t23-/m1/s1. The molecule has 0 saturated carbocycles. The van der Waals surface area contributed by atoms with Gasteiger partial charge in [0.1, 0.15) is 11.6 Å². The third-order valence-corrected chi connectivity index (χ3v) is 7.44. The number of ether oxygens (including phenoxy) is 1. The van der Waals surface area contributed by atoms with Crippen molar-refractivity contribution in [3.63, 3.8) is 0 Å². The molecule has 2 heterocycles. The van der Waals surface area contributed by atoms with Gasteiger partial charge in [-0.05, 0) is 57.0 Å². The Hall–Kier alpha value is -3.48. The van der Waals surface area contributed by atoms with Crippen molar-refractivity contribution in [1.82, 2.24) is 15.4 Å². The summed E-state index contributed by atoms with van der Waals surface area (Å²) in [6.45, 7) is 1.75. The summed E-state index contributed by atoms with van der Waals surface area (Å²) < 4.78 is 60.0. The van der Waals surface area contributed by atoms with Gasteiger partial charge in [0.05, 0.1) is 30.3 Å². The summed E-state index contributed by atoms with van der Waals surface area (Å²) in [5, 5.41) is 23.7. The number of piperidine rings is 1. The number of aliphatic hydroxyl groups is 1. The number of hydrogen-bond acceptors (Lipinski definition) is 7. The van der Waals surface area contributed by atoms with Gasteiger partial charge < -0.3 is 20.1 Å². The Morgan fingerprint density at radius 1 is 1.13 bits per heavy atom. The number of aromatic nitrogens is 1. The van der Waals surface area contributed by atoms with Crippen LogP contribution >= 0.6 is 0 Å². The van der Waals surface area contributed by atoms with Crippen molar-refractivity contribution >= 4 is 22.5 Å². The van der Waals surface area contributed by atoms with Crippen LogP contribution in [0.3, 0.4) is 0 Å². The van der Waals surface area contributed by atoms with Gasteiger partial charge in [-0.1, -0.05) is 0 Å². The normalized spacial score (nSPS) is 16.2. The number of hydrogen-bond donors (Lipinski definition) is 4. The van der Waals surface area contributed by atoms with Crippen LogP contribution in [-0.4, -0.2) is 59.4 Å². The number of nitrogens with zero attached hydrogens (tertiary/aromatic N) is 2. The molecule has 0 unspecified atom stereocenters. The van der Waals surface area contributed by atoms with Crippen LogP contribution in [0.2, 0.25) is 0 Å². The van der Waals surface area contributed by atoms with Crippen molar-refractivity contribution in [3.8, 4) is 5.75 Å². The van der Waals surface area contributed by atoms with Gasteiger partial charge in [-0.25, -0.2) is 23.0 Å². The number of halogens is 4. The number of benzene rings is 2. The van der Waals surface area contributed by atoms with Crippen molar-refractivity contribution < 1.29 is 37.4 Å². The zero-order valence-electron chi connectivity index (χ0n) is 21.3. The second-order valence-electron chi connectivity index (χ2n) is 9.70. The molecular formula is C27H30F4N4O4. The summed E-state index contributed by atoms with van der Waals surface area (Å²) in [6, 6.07) is 6.70. The second-order valence-corrected chi connectivity index (χ2v) is 9.70. The highest BCUT2D eigenvalue weighted by molar-refractivity contribution is 5.84. The predicted octanol–water partition coefficient (Wildman–Crippen LogP) is 4.31. The first-order chi connectivity index (χ1) is 18.7. The molecule has 210 valence electrons. The van der Waals surface area contributed by atoms with Gasteiger partial charge in [0.15, 0.2) is 17.5 Å². The average molecular weight is 551 g/mol. The van der Waals surface area contributed by atoms with E-state index in [9.17, 15) is 32.7 Å². The van der Waals surface area contributed by atoms with Gasteiger partial charge in [0.2, 0.25) is 5.91 Å². The van der Waals surface area contributed by atoms with Crippen molar-refractivity contribution in [3.05, 3.63) is 65.4 Å². The fraction of sp³-hybridized carbons (Fsp3) is 0.407. The molecule has 1 amide bonds. The second kappa shape index (κ2) is 12.1. The van der Waals surface area contributed by atoms with E-state index in [4.69, 9.17) is 4.74 Å². The molecule has 1 aromatic heterocycles. The summed E-state index contributed by atoms with van der Waals surface area (Å²) in [7, 11) is 1.48. The van der Waals surface area contributed by atoms with E-state index in [1.54, 1.807) is 23.7 Å². The molecule has 2 aromatic carbocycles. The highest BCUT2D eigenvalue weighted by Crippen LogP contribution is 2.40. The maximum absolute atomic E-state index is 14.8. The Balaban J connectivity index is 1.39. The number of nitrogens with one attached hydrogen (secondary N) is 2. The Kier molecular flexibility index (Phi) is 8.88. The van der Waals surface area contributed by atoms with Crippen molar-refractivity contribution in [2.24, 2.45) is 5.41 Å². The molecule has 39 heavy (non-hydrogen) atoms. The van der Waals surface area contributed by atoms with Gasteiger partial charge in [0, 0.05) is 41.9 Å². The molecule has 0 bridgehead atoms. The van der Waals surface area contributed by atoms with Crippen molar-refractivity contribution in [2.75, 3.05) is 38.6 Å². The highest BCUT2D eigenvalue weighted by Gasteiger charge is 2.41. The summed E-state index contributed by atoms with van der Waals surface area (Å²) in [6.07, 6.45) is 0.783. The van der Waals surface area contributed by atoms with E-state index in [-0.39, 0.29) is 24.1 Å². The minimum absolute atomic E-state index is 0.0594. The van der Waals surface area contributed by atoms with Crippen LogP contribution in [-0.2, 0) is 4.79 Å². The molecule has 12 heteroatoms. The number of pyridine rings is 1. The van der Waals surface area contributed by atoms with Crippen LogP contribution in [0.1, 0.15) is 37.4 Å². The molecule has 3 aromatic rings. The average Bonchev–Trinajstić information content (AvgIpc) is 2.94. The minimum Gasteiger partial charge on any atom is -0.497 e. The zero-order chi connectivity index (χ0) is 28.2. The number of likely N-dealkylation sites (tertiary alicyclic amines) is 1. The van der Waals surface area contributed by atoms with Crippen LogP contribution in [0.15, 0.2) is 36.5 Å². The molecule has 0 radical (unpaired) electrons. The zero-order valence-corrected chi connectivity index (χ0v) is 21.3.